The Bertz CT molecular complexity index is 2190. The lowest BCUT2D eigenvalue weighted by Crippen LogP contribution is -2.11. The summed E-state index contributed by atoms with van der Waals surface area (Å²) in [6.07, 6.45) is 25.6. The third kappa shape index (κ3) is 20.4. The first kappa shape index (κ1) is 51.7. The second-order valence-corrected chi connectivity index (χ2v) is 17.0. The van der Waals surface area contributed by atoms with E-state index in [1.54, 1.807) is 48.5 Å². The number of rotatable bonds is 32. The maximum atomic E-state index is 12.9. The molecule has 0 aliphatic heterocycles. The van der Waals surface area contributed by atoms with E-state index in [1.165, 1.54) is 158 Å². The Labute approximate surface area is 398 Å². The highest BCUT2D eigenvalue weighted by Crippen LogP contribution is 2.25. The highest BCUT2D eigenvalue weighted by atomic mass is 16.5. The molecule has 0 atom stereocenters. The minimum absolute atomic E-state index is 0.245. The number of carbonyl (C=O) groups is 3. The largest absolute Gasteiger partial charge is 0.494 e. The standard InChI is InChI=1S/C57H70N2O8/c1-3-5-7-9-11-13-15-17-19-21-43-63-50-33-23-45(24-34-50)55(60)65-52-35-25-46(26-36-52)56(61)66-53-37-27-47(28-38-53)57(62)67-54-41-31-49(32-42-54)59-58-48-29-39-51(40-30-48)64-44-22-20-18-16-14-12-10-8-6-4-2/h23-42H,3-22,43-44H2,1-2H3. The molecule has 0 aromatic heterocycles. The van der Waals surface area contributed by atoms with Gasteiger partial charge in [-0.3, -0.25) is 0 Å². The van der Waals surface area contributed by atoms with E-state index < -0.39 is 17.9 Å². The molecule has 356 valence electrons. The molecule has 0 aliphatic rings. The third-order valence-corrected chi connectivity index (χ3v) is 11.4. The number of hydrogen-bond donors (Lipinski definition) is 0. The highest BCUT2D eigenvalue weighted by molar-refractivity contribution is 5.93. The van der Waals surface area contributed by atoms with Gasteiger partial charge in [0.1, 0.15) is 28.7 Å². The van der Waals surface area contributed by atoms with Crippen molar-refractivity contribution in [3.63, 3.8) is 0 Å². The van der Waals surface area contributed by atoms with Crippen molar-refractivity contribution in [2.45, 2.75) is 142 Å². The Morgan fingerprint density at radius 3 is 0.851 bits per heavy atom. The molecule has 0 spiro atoms. The molecular weight excluding hydrogens is 841 g/mol. The molecule has 0 N–H and O–H groups in total. The van der Waals surface area contributed by atoms with E-state index in [9.17, 15) is 14.4 Å². The molecule has 0 radical (unpaired) electrons. The molecule has 0 amide bonds. The van der Waals surface area contributed by atoms with Crippen LogP contribution in [0.25, 0.3) is 0 Å². The van der Waals surface area contributed by atoms with Crippen molar-refractivity contribution in [2.75, 3.05) is 13.2 Å². The topological polar surface area (TPSA) is 122 Å². The SMILES string of the molecule is CCCCCCCCCCCCOc1ccc(N=Nc2ccc(OC(=O)c3ccc(OC(=O)c4ccc(OC(=O)c5ccc(OCCCCCCCCCCCC)cc5)cc4)cc3)cc2)cc1. The van der Waals surface area contributed by atoms with Gasteiger partial charge >= 0.3 is 17.9 Å². The normalized spacial score (nSPS) is 11.1. The fourth-order valence-electron chi connectivity index (χ4n) is 7.37. The summed E-state index contributed by atoms with van der Waals surface area (Å²) in [5, 5.41) is 8.62. The number of azo groups is 1. The van der Waals surface area contributed by atoms with Crippen LogP contribution in [0, 0.1) is 0 Å². The van der Waals surface area contributed by atoms with Gasteiger partial charge in [-0.15, -0.1) is 0 Å². The Balaban J connectivity index is 0.952. The summed E-state index contributed by atoms with van der Waals surface area (Å²) in [6, 6.07) is 33.3. The maximum Gasteiger partial charge on any atom is 0.343 e. The smallest absolute Gasteiger partial charge is 0.343 e. The van der Waals surface area contributed by atoms with Gasteiger partial charge in [0, 0.05) is 0 Å². The minimum Gasteiger partial charge on any atom is -0.494 e. The molecule has 0 aliphatic carbocycles. The van der Waals surface area contributed by atoms with Crippen LogP contribution in [0.4, 0.5) is 11.4 Å². The van der Waals surface area contributed by atoms with Crippen molar-refractivity contribution in [1.29, 1.82) is 0 Å². The van der Waals surface area contributed by atoms with Crippen LogP contribution in [0.1, 0.15) is 173 Å². The summed E-state index contributed by atoms with van der Waals surface area (Å²) in [7, 11) is 0. The average molecular weight is 911 g/mol. The number of ether oxygens (including phenoxy) is 5. The molecule has 0 bridgehead atoms. The Kier molecular flexibility index (Phi) is 23.8. The van der Waals surface area contributed by atoms with Gasteiger partial charge in [0.05, 0.1) is 41.3 Å². The van der Waals surface area contributed by atoms with Crippen LogP contribution >= 0.6 is 0 Å². The molecule has 67 heavy (non-hydrogen) atoms. The zero-order valence-electron chi connectivity index (χ0n) is 39.8. The van der Waals surface area contributed by atoms with Gasteiger partial charge in [-0.1, -0.05) is 129 Å². The number of esters is 3. The quantitative estimate of drug-likeness (QED) is 0.0181. The van der Waals surface area contributed by atoms with Crippen LogP contribution in [0.15, 0.2) is 132 Å². The van der Waals surface area contributed by atoms with E-state index >= 15 is 0 Å². The van der Waals surface area contributed by atoms with Crippen molar-refractivity contribution in [2.24, 2.45) is 10.2 Å². The zero-order chi connectivity index (χ0) is 47.2. The van der Waals surface area contributed by atoms with Gasteiger partial charge in [0.2, 0.25) is 0 Å². The number of hydrogen-bond acceptors (Lipinski definition) is 10. The van der Waals surface area contributed by atoms with E-state index in [4.69, 9.17) is 23.7 Å². The molecule has 0 fully saturated rings. The summed E-state index contributed by atoms with van der Waals surface area (Å²) in [4.78, 5) is 38.5. The molecule has 5 aromatic carbocycles. The molecule has 5 aromatic rings. The molecule has 5 rings (SSSR count). The van der Waals surface area contributed by atoms with Crippen LogP contribution in [0.3, 0.4) is 0 Å². The number of carbonyl (C=O) groups excluding carboxylic acids is 3. The van der Waals surface area contributed by atoms with Gasteiger partial charge in [0.15, 0.2) is 0 Å². The van der Waals surface area contributed by atoms with E-state index in [1.807, 2.05) is 24.3 Å². The van der Waals surface area contributed by atoms with Crippen LogP contribution in [0.2, 0.25) is 0 Å². The molecule has 10 heteroatoms. The van der Waals surface area contributed by atoms with Gasteiger partial charge in [-0.2, -0.15) is 10.2 Å². The van der Waals surface area contributed by atoms with Crippen LogP contribution in [-0.2, 0) is 0 Å². The van der Waals surface area contributed by atoms with Gasteiger partial charge in [0.25, 0.3) is 0 Å². The lowest BCUT2D eigenvalue weighted by molar-refractivity contribution is 0.0725. The fraction of sp³-hybridized carbons (Fsp3) is 0.421. The van der Waals surface area contributed by atoms with E-state index in [-0.39, 0.29) is 22.6 Å². The first-order chi connectivity index (χ1) is 32.9. The monoisotopic (exact) mass is 911 g/mol. The molecule has 0 heterocycles. The molecule has 10 nitrogen and oxygen atoms in total. The molecule has 0 unspecified atom stereocenters. The summed E-state index contributed by atoms with van der Waals surface area (Å²) in [5.74, 6) is 0.696. The highest BCUT2D eigenvalue weighted by Gasteiger charge is 2.14. The Morgan fingerprint density at radius 1 is 0.313 bits per heavy atom. The predicted octanol–water partition coefficient (Wildman–Crippen LogP) is 16.4. The molecule has 0 saturated heterocycles. The number of benzene rings is 5. The fourth-order valence-corrected chi connectivity index (χ4v) is 7.37. The van der Waals surface area contributed by atoms with Crippen molar-refractivity contribution < 1.29 is 38.1 Å². The van der Waals surface area contributed by atoms with Gasteiger partial charge < -0.3 is 23.7 Å². The Morgan fingerprint density at radius 2 is 0.552 bits per heavy atom. The lowest BCUT2D eigenvalue weighted by atomic mass is 10.1. The third-order valence-electron chi connectivity index (χ3n) is 11.4. The predicted molar refractivity (Wildman–Crippen MR) is 266 cm³/mol. The van der Waals surface area contributed by atoms with E-state index in [0.717, 1.165) is 25.0 Å². The van der Waals surface area contributed by atoms with E-state index in [2.05, 4.69) is 24.1 Å². The van der Waals surface area contributed by atoms with Crippen molar-refractivity contribution in [1.82, 2.24) is 0 Å². The lowest BCUT2D eigenvalue weighted by Gasteiger charge is -2.09. The number of unbranched alkanes of at least 4 members (excludes halogenated alkanes) is 18. The summed E-state index contributed by atoms with van der Waals surface area (Å²) < 4.78 is 28.3. The van der Waals surface area contributed by atoms with E-state index in [0.29, 0.717) is 41.7 Å². The van der Waals surface area contributed by atoms with Crippen LogP contribution in [-0.4, -0.2) is 31.1 Å². The van der Waals surface area contributed by atoms with Crippen molar-refractivity contribution in [3.8, 4) is 28.7 Å². The molecule has 0 saturated carbocycles. The minimum atomic E-state index is -0.611. The van der Waals surface area contributed by atoms with Gasteiger partial charge in [-0.25, -0.2) is 14.4 Å². The second kappa shape index (κ2) is 30.8. The summed E-state index contributed by atoms with van der Waals surface area (Å²) >= 11 is 0. The average Bonchev–Trinajstić information content (AvgIpc) is 3.35. The van der Waals surface area contributed by atoms with Crippen LogP contribution < -0.4 is 23.7 Å². The van der Waals surface area contributed by atoms with Crippen molar-refractivity contribution >= 4 is 29.3 Å². The van der Waals surface area contributed by atoms with Gasteiger partial charge in [-0.05, 0) is 134 Å². The maximum absolute atomic E-state index is 12.9. The van der Waals surface area contributed by atoms with Crippen molar-refractivity contribution in [3.05, 3.63) is 138 Å². The number of nitrogens with zero attached hydrogens (tertiary/aromatic N) is 2. The Hall–Kier alpha value is -6.29. The zero-order valence-corrected chi connectivity index (χ0v) is 39.8. The first-order valence-electron chi connectivity index (χ1n) is 24.7. The second-order valence-electron chi connectivity index (χ2n) is 17.0. The summed E-state index contributed by atoms with van der Waals surface area (Å²) in [5.41, 5.74) is 2.22. The summed E-state index contributed by atoms with van der Waals surface area (Å²) in [6.45, 7) is 5.86. The van der Waals surface area contributed by atoms with Crippen LogP contribution in [0.5, 0.6) is 28.7 Å². The molecular formula is C57H70N2O8. The first-order valence-corrected chi connectivity index (χ1v) is 24.7.